The molecule has 0 saturated carbocycles. The molecule has 37 heavy (non-hydrogen) atoms. The summed E-state index contributed by atoms with van der Waals surface area (Å²) in [5.74, 6) is -1.13. The van der Waals surface area contributed by atoms with Crippen LogP contribution >= 0.6 is 0 Å². The number of halogens is 3. The van der Waals surface area contributed by atoms with Gasteiger partial charge in [-0.1, -0.05) is 0 Å². The number of rotatable bonds is 5. The van der Waals surface area contributed by atoms with Gasteiger partial charge in [-0.2, -0.15) is 18.3 Å². The van der Waals surface area contributed by atoms with Gasteiger partial charge in [-0.15, -0.1) is 0 Å². The lowest BCUT2D eigenvalue weighted by molar-refractivity contribution is -0.273. The summed E-state index contributed by atoms with van der Waals surface area (Å²) in [5, 5.41) is 24.6. The molecule has 1 amide bonds. The van der Waals surface area contributed by atoms with Crippen LogP contribution in [0.5, 0.6) is 5.75 Å². The molecule has 0 radical (unpaired) electrons. The van der Waals surface area contributed by atoms with Crippen molar-refractivity contribution in [1.29, 1.82) is 0 Å². The number of amides is 1. The summed E-state index contributed by atoms with van der Waals surface area (Å²) in [6, 6.07) is 5.27. The lowest BCUT2D eigenvalue weighted by Gasteiger charge is -2.41. The highest BCUT2D eigenvalue weighted by Gasteiger charge is 2.55. The fraction of sp³-hybridized carbons (Fsp3) is 0.480. The first-order valence-corrected chi connectivity index (χ1v) is 12.0. The SMILES string of the molecule is C[C@]1(CO)Cc2cc(-c3nn4cccnc4c3C(N)=O)c(N3CCC([C@](C)(O)C(F)(F)F)CC3)cc2O1. The zero-order chi connectivity index (χ0) is 26.8. The molecule has 2 aliphatic heterocycles. The number of ether oxygens (including phenoxy) is 1. The van der Waals surface area contributed by atoms with Gasteiger partial charge < -0.3 is 25.6 Å². The van der Waals surface area contributed by atoms with Gasteiger partial charge in [-0.05, 0) is 50.3 Å². The van der Waals surface area contributed by atoms with E-state index in [0.717, 1.165) is 12.5 Å². The van der Waals surface area contributed by atoms with Crippen LogP contribution in [0.1, 0.15) is 42.6 Å². The Labute approximate surface area is 210 Å². The van der Waals surface area contributed by atoms with Gasteiger partial charge in [0.2, 0.25) is 0 Å². The van der Waals surface area contributed by atoms with E-state index >= 15 is 0 Å². The maximum Gasteiger partial charge on any atom is 0.417 e. The Morgan fingerprint density at radius 2 is 2.00 bits per heavy atom. The van der Waals surface area contributed by atoms with Crippen LogP contribution in [0.25, 0.3) is 16.9 Å². The second-order valence-electron chi connectivity index (χ2n) is 10.2. The van der Waals surface area contributed by atoms with Gasteiger partial charge >= 0.3 is 6.18 Å². The number of aromatic nitrogens is 3. The summed E-state index contributed by atoms with van der Waals surface area (Å²) >= 11 is 0. The van der Waals surface area contributed by atoms with Crippen LogP contribution in [0.4, 0.5) is 18.9 Å². The van der Waals surface area contributed by atoms with Crippen molar-refractivity contribution in [2.24, 2.45) is 11.7 Å². The third-order valence-electron chi connectivity index (χ3n) is 7.54. The standard InChI is InChI=1S/C25H28F3N5O4/c1-23(13-34)12-14-10-16(20-19(21(29)35)22-30-6-3-7-33(22)31-20)17(11-18(14)37-23)32-8-4-15(5-9-32)24(2,36)25(26,27)28/h3,6-7,10-11,15,34,36H,4-5,8-9,12-13H2,1-2H3,(H2,29,35)/t23-,24+/m1/s1. The lowest BCUT2D eigenvalue weighted by Crippen LogP contribution is -2.52. The molecule has 9 nitrogen and oxygen atoms in total. The number of nitrogens with zero attached hydrogens (tertiary/aromatic N) is 4. The van der Waals surface area contributed by atoms with Crippen molar-refractivity contribution in [2.45, 2.75) is 50.5 Å². The monoisotopic (exact) mass is 519 g/mol. The van der Waals surface area contributed by atoms with Crippen LogP contribution in [-0.4, -0.2) is 67.8 Å². The predicted molar refractivity (Wildman–Crippen MR) is 128 cm³/mol. The van der Waals surface area contributed by atoms with E-state index in [-0.39, 0.29) is 43.7 Å². The van der Waals surface area contributed by atoms with Crippen molar-refractivity contribution < 1.29 is 32.9 Å². The minimum atomic E-state index is -4.74. The average Bonchev–Trinajstić information content (AvgIpc) is 3.40. The first-order valence-electron chi connectivity index (χ1n) is 12.0. The summed E-state index contributed by atoms with van der Waals surface area (Å²) in [6.45, 7) is 2.85. The Bertz CT molecular complexity index is 1360. The maximum atomic E-state index is 13.4. The summed E-state index contributed by atoms with van der Waals surface area (Å²) in [7, 11) is 0. The third kappa shape index (κ3) is 4.17. The van der Waals surface area contributed by atoms with E-state index in [9.17, 15) is 28.2 Å². The number of fused-ring (bicyclic) bond motifs is 2. The van der Waals surface area contributed by atoms with Crippen LogP contribution < -0.4 is 15.4 Å². The van der Waals surface area contributed by atoms with Gasteiger partial charge in [0.05, 0.1) is 6.61 Å². The van der Waals surface area contributed by atoms with Crippen molar-refractivity contribution >= 4 is 17.2 Å². The Hall–Kier alpha value is -3.38. The Kier molecular flexibility index (Phi) is 5.87. The van der Waals surface area contributed by atoms with E-state index in [0.29, 0.717) is 29.1 Å². The van der Waals surface area contributed by atoms with E-state index in [4.69, 9.17) is 10.5 Å². The number of primary amides is 1. The fourth-order valence-corrected chi connectivity index (χ4v) is 5.31. The highest BCUT2D eigenvalue weighted by atomic mass is 19.4. The molecule has 2 atom stereocenters. The molecule has 198 valence electrons. The summed E-state index contributed by atoms with van der Waals surface area (Å²) < 4.78 is 47.8. The molecule has 3 aromatic rings. The largest absolute Gasteiger partial charge is 0.484 e. The molecule has 0 spiro atoms. The zero-order valence-corrected chi connectivity index (χ0v) is 20.4. The van der Waals surface area contributed by atoms with E-state index in [2.05, 4.69) is 10.1 Å². The molecular formula is C25H28F3N5O4. The fourth-order valence-electron chi connectivity index (χ4n) is 5.31. The second-order valence-corrected chi connectivity index (χ2v) is 10.2. The molecule has 1 fully saturated rings. The van der Waals surface area contributed by atoms with E-state index < -0.39 is 29.2 Å². The van der Waals surface area contributed by atoms with Gasteiger partial charge in [0.25, 0.3) is 5.91 Å². The minimum Gasteiger partial charge on any atom is -0.484 e. The van der Waals surface area contributed by atoms with Crippen molar-refractivity contribution in [3.8, 4) is 17.0 Å². The number of hydrogen-bond acceptors (Lipinski definition) is 7. The molecule has 1 aromatic carbocycles. The van der Waals surface area contributed by atoms with E-state index in [1.54, 1.807) is 25.3 Å². The molecule has 12 heteroatoms. The van der Waals surface area contributed by atoms with Crippen LogP contribution in [-0.2, 0) is 6.42 Å². The van der Waals surface area contributed by atoms with Crippen molar-refractivity contribution in [2.75, 3.05) is 24.6 Å². The molecule has 2 aromatic heterocycles. The van der Waals surface area contributed by atoms with Crippen molar-refractivity contribution in [3.63, 3.8) is 0 Å². The molecule has 0 aliphatic carbocycles. The first kappa shape index (κ1) is 25.3. The van der Waals surface area contributed by atoms with Crippen LogP contribution in [0.15, 0.2) is 30.6 Å². The number of benzene rings is 1. The predicted octanol–water partition coefficient (Wildman–Crippen LogP) is 2.71. The number of anilines is 1. The van der Waals surface area contributed by atoms with Crippen molar-refractivity contribution in [1.82, 2.24) is 14.6 Å². The lowest BCUT2D eigenvalue weighted by atomic mass is 9.81. The molecule has 5 rings (SSSR count). The Balaban J connectivity index is 1.60. The first-order chi connectivity index (χ1) is 17.3. The minimum absolute atomic E-state index is 0.105. The Morgan fingerprint density at radius 3 is 2.62 bits per heavy atom. The van der Waals surface area contributed by atoms with E-state index in [1.165, 1.54) is 10.7 Å². The van der Waals surface area contributed by atoms with Gasteiger partial charge in [-0.3, -0.25) is 4.79 Å². The van der Waals surface area contributed by atoms with Gasteiger partial charge in [0, 0.05) is 49.2 Å². The number of nitrogens with two attached hydrogens (primary N) is 1. The quantitative estimate of drug-likeness (QED) is 0.473. The van der Waals surface area contributed by atoms with Crippen LogP contribution in [0.2, 0.25) is 0 Å². The molecule has 0 unspecified atom stereocenters. The molecule has 2 aliphatic rings. The highest BCUT2D eigenvalue weighted by molar-refractivity contribution is 6.06. The number of aliphatic hydroxyl groups is 2. The second kappa shape index (κ2) is 8.59. The van der Waals surface area contributed by atoms with Gasteiger partial charge in [-0.25, -0.2) is 9.50 Å². The van der Waals surface area contributed by atoms with Crippen LogP contribution in [0, 0.1) is 5.92 Å². The third-order valence-corrected chi connectivity index (χ3v) is 7.54. The molecular weight excluding hydrogens is 491 g/mol. The topological polar surface area (TPSA) is 126 Å². The summed E-state index contributed by atoms with van der Waals surface area (Å²) in [6.07, 6.45) is -0.945. The summed E-state index contributed by atoms with van der Waals surface area (Å²) in [5.41, 5.74) is 4.79. The molecule has 4 N–H and O–H groups in total. The smallest absolute Gasteiger partial charge is 0.417 e. The normalized spacial score (nSPS) is 22.1. The number of hydrogen-bond donors (Lipinski definition) is 3. The van der Waals surface area contributed by atoms with Crippen molar-refractivity contribution in [3.05, 3.63) is 41.7 Å². The number of carbonyl (C=O) groups excluding carboxylic acids is 1. The Morgan fingerprint density at radius 1 is 1.30 bits per heavy atom. The number of aliphatic hydroxyl groups excluding tert-OH is 1. The zero-order valence-electron chi connectivity index (χ0n) is 20.4. The number of alkyl halides is 3. The number of piperidine rings is 1. The molecule has 0 bridgehead atoms. The molecule has 4 heterocycles. The average molecular weight is 520 g/mol. The molecule has 1 saturated heterocycles. The maximum absolute atomic E-state index is 13.4. The van der Waals surface area contributed by atoms with E-state index in [1.807, 2.05) is 11.0 Å². The van der Waals surface area contributed by atoms with Gasteiger partial charge in [0.1, 0.15) is 22.6 Å². The highest BCUT2D eigenvalue weighted by Crippen LogP contribution is 2.46. The summed E-state index contributed by atoms with van der Waals surface area (Å²) in [4.78, 5) is 18.7. The number of carbonyl (C=O) groups is 1. The van der Waals surface area contributed by atoms with Gasteiger partial charge in [0.15, 0.2) is 11.2 Å². The van der Waals surface area contributed by atoms with Crippen LogP contribution in [0.3, 0.4) is 0 Å².